The molecule has 6 heavy (non-hydrogen) atoms. The molecule has 0 amide bonds. The average Bonchev–Trinajstić information content (AvgIpc) is 1.38. The van der Waals surface area contributed by atoms with Crippen LogP contribution < -0.4 is 11.5 Å². The number of nitrogens with one attached hydrogen (secondary N) is 1. The highest BCUT2D eigenvalue weighted by Gasteiger charge is 1.70. The van der Waals surface area contributed by atoms with Gasteiger partial charge in [-0.25, -0.2) is 0 Å². The van der Waals surface area contributed by atoms with E-state index in [2.05, 4.69) is 0 Å². The number of rotatable bonds is 1. The first-order valence-electron chi connectivity index (χ1n) is 1.30. The van der Waals surface area contributed by atoms with Crippen molar-refractivity contribution in [1.29, 1.82) is 5.41 Å². The lowest BCUT2D eigenvalue weighted by atomic mass is 10.6. The molecular weight excluding hydrogens is 101 g/mol. The Morgan fingerprint density at radius 3 is 1.83 bits per heavy atom. The van der Waals surface area contributed by atoms with Crippen molar-refractivity contribution in [3.05, 3.63) is 0 Å². The molecule has 0 aromatic rings. The van der Waals surface area contributed by atoms with Gasteiger partial charge in [0.1, 0.15) is 5.84 Å². The highest BCUT2D eigenvalue weighted by atomic mass is 35.5. The highest BCUT2D eigenvalue weighted by Crippen LogP contribution is 1.38. The molecule has 0 aliphatic carbocycles. The summed E-state index contributed by atoms with van der Waals surface area (Å²) in [6.45, 7) is 0.167. The summed E-state index contributed by atoms with van der Waals surface area (Å²) in [6.07, 6.45) is 0. The molecule has 0 saturated carbocycles. The van der Waals surface area contributed by atoms with Crippen molar-refractivity contribution < 1.29 is 0 Å². The van der Waals surface area contributed by atoms with Gasteiger partial charge >= 0.3 is 0 Å². The third kappa shape index (κ3) is 9.30. The Morgan fingerprint density at radius 2 is 1.83 bits per heavy atom. The molecule has 0 aromatic carbocycles. The van der Waals surface area contributed by atoms with Crippen molar-refractivity contribution >= 4 is 18.2 Å². The van der Waals surface area contributed by atoms with Gasteiger partial charge in [0.15, 0.2) is 0 Å². The Hall–Kier alpha value is -0.280. The second-order valence-corrected chi connectivity index (χ2v) is 0.729. The lowest BCUT2D eigenvalue weighted by Crippen LogP contribution is -2.20. The zero-order valence-corrected chi connectivity index (χ0v) is 4.09. The van der Waals surface area contributed by atoms with Crippen molar-refractivity contribution in [1.82, 2.24) is 0 Å². The zero-order chi connectivity index (χ0) is 4.28. The molecule has 3 nitrogen and oxygen atoms in total. The van der Waals surface area contributed by atoms with Gasteiger partial charge in [-0.2, -0.15) is 0 Å². The minimum atomic E-state index is 0. The fraction of sp³-hybridized carbons (Fsp3) is 0.500. The Morgan fingerprint density at radius 1 is 1.67 bits per heavy atom. The van der Waals surface area contributed by atoms with E-state index in [9.17, 15) is 0 Å². The van der Waals surface area contributed by atoms with Crippen LogP contribution in [0.2, 0.25) is 0 Å². The average molecular weight is 110 g/mol. The third-order valence-corrected chi connectivity index (χ3v) is 0.220. The van der Waals surface area contributed by atoms with Crippen molar-refractivity contribution in [3.8, 4) is 0 Å². The summed E-state index contributed by atoms with van der Waals surface area (Å²) in [4.78, 5) is 0. The van der Waals surface area contributed by atoms with Crippen LogP contribution in [0.25, 0.3) is 0 Å². The van der Waals surface area contributed by atoms with Crippen LogP contribution >= 0.6 is 12.4 Å². The van der Waals surface area contributed by atoms with Crippen molar-refractivity contribution in [2.24, 2.45) is 11.5 Å². The minimum Gasteiger partial charge on any atom is -0.387 e. The lowest BCUT2D eigenvalue weighted by Gasteiger charge is -1.79. The number of halogens is 1. The first kappa shape index (κ1) is 9.21. The van der Waals surface area contributed by atoms with Gasteiger partial charge in [0.25, 0.3) is 0 Å². The summed E-state index contributed by atoms with van der Waals surface area (Å²) >= 11 is 0. The van der Waals surface area contributed by atoms with Crippen LogP contribution in [0, 0.1) is 5.41 Å². The fourth-order valence-corrected chi connectivity index (χ4v) is 0. The van der Waals surface area contributed by atoms with Gasteiger partial charge < -0.3 is 11.5 Å². The predicted molar refractivity (Wildman–Crippen MR) is 28.2 cm³/mol. The van der Waals surface area contributed by atoms with Crippen LogP contribution in [0.5, 0.6) is 0 Å². The van der Waals surface area contributed by atoms with Crippen LogP contribution in [0.4, 0.5) is 0 Å². The number of nitrogens with two attached hydrogens (primary N) is 2. The van der Waals surface area contributed by atoms with E-state index >= 15 is 0 Å². The van der Waals surface area contributed by atoms with E-state index in [1.54, 1.807) is 0 Å². The summed E-state index contributed by atoms with van der Waals surface area (Å²) in [7, 11) is 0. The second kappa shape index (κ2) is 4.72. The SMILES string of the molecule is Cl.N=C(N)CN. The standard InChI is InChI=1S/C2H7N3.ClH/c3-1-2(4)5;/h1,3H2,(H3,4,5);1H. The number of amidine groups is 1. The van der Waals surface area contributed by atoms with Gasteiger partial charge in [0.05, 0.1) is 6.54 Å². The van der Waals surface area contributed by atoms with E-state index in [4.69, 9.17) is 16.9 Å². The molecule has 38 valence electrons. The van der Waals surface area contributed by atoms with Gasteiger partial charge in [-0.3, -0.25) is 5.41 Å². The Labute approximate surface area is 42.6 Å². The van der Waals surface area contributed by atoms with Crippen LogP contribution in [0.3, 0.4) is 0 Å². The van der Waals surface area contributed by atoms with Crippen LogP contribution in [0.15, 0.2) is 0 Å². The molecule has 0 saturated heterocycles. The molecule has 0 unspecified atom stereocenters. The van der Waals surface area contributed by atoms with E-state index < -0.39 is 0 Å². The Kier molecular flexibility index (Phi) is 7.24. The quantitative estimate of drug-likeness (QED) is 0.308. The van der Waals surface area contributed by atoms with Crippen molar-refractivity contribution in [2.75, 3.05) is 6.54 Å². The summed E-state index contributed by atoms with van der Waals surface area (Å²) in [6, 6.07) is 0. The maximum atomic E-state index is 6.40. The van der Waals surface area contributed by atoms with E-state index in [0.29, 0.717) is 0 Å². The molecule has 5 N–H and O–H groups in total. The van der Waals surface area contributed by atoms with Crippen LogP contribution in [0.1, 0.15) is 0 Å². The molecule has 0 bridgehead atoms. The molecule has 0 heterocycles. The fourth-order valence-electron chi connectivity index (χ4n) is 0. The van der Waals surface area contributed by atoms with Crippen molar-refractivity contribution in [3.63, 3.8) is 0 Å². The molecule has 0 spiro atoms. The first-order valence-corrected chi connectivity index (χ1v) is 1.30. The maximum absolute atomic E-state index is 6.40. The molecule has 0 aromatic heterocycles. The Bertz CT molecular complexity index is 44.1. The summed E-state index contributed by atoms with van der Waals surface area (Å²) in [5, 5.41) is 6.40. The van der Waals surface area contributed by atoms with Gasteiger partial charge in [-0.15, -0.1) is 12.4 Å². The van der Waals surface area contributed by atoms with E-state index in [-0.39, 0.29) is 24.8 Å². The molecule has 4 heteroatoms. The monoisotopic (exact) mass is 109 g/mol. The molecule has 0 radical (unpaired) electrons. The molecule has 0 aliphatic rings. The summed E-state index contributed by atoms with van der Waals surface area (Å²) < 4.78 is 0. The van der Waals surface area contributed by atoms with Crippen molar-refractivity contribution in [2.45, 2.75) is 0 Å². The van der Waals surface area contributed by atoms with E-state index in [1.807, 2.05) is 0 Å². The normalized spacial score (nSPS) is 6.17. The topological polar surface area (TPSA) is 75.9 Å². The van der Waals surface area contributed by atoms with Gasteiger partial charge in [-0.1, -0.05) is 0 Å². The smallest absolute Gasteiger partial charge is 0.105 e. The van der Waals surface area contributed by atoms with Gasteiger partial charge in [0, 0.05) is 0 Å². The Balaban J connectivity index is 0. The predicted octanol–water partition coefficient (Wildman–Crippen LogP) is -0.697. The molecule has 0 fully saturated rings. The molecular formula is C2H8ClN3. The van der Waals surface area contributed by atoms with E-state index in [0.717, 1.165) is 0 Å². The first-order chi connectivity index (χ1) is 2.27. The zero-order valence-electron chi connectivity index (χ0n) is 3.27. The highest BCUT2D eigenvalue weighted by molar-refractivity contribution is 5.85. The summed E-state index contributed by atoms with van der Waals surface area (Å²) in [5.74, 6) is 0.0324. The molecule has 0 rings (SSSR count). The second-order valence-electron chi connectivity index (χ2n) is 0.729. The van der Waals surface area contributed by atoms with Gasteiger partial charge in [0.2, 0.25) is 0 Å². The molecule has 0 aliphatic heterocycles. The van der Waals surface area contributed by atoms with E-state index in [1.165, 1.54) is 0 Å². The minimum absolute atomic E-state index is 0. The lowest BCUT2D eigenvalue weighted by molar-refractivity contribution is 1.24. The number of hydrogen-bond acceptors (Lipinski definition) is 2. The maximum Gasteiger partial charge on any atom is 0.105 e. The summed E-state index contributed by atoms with van der Waals surface area (Å²) in [5.41, 5.74) is 9.57. The largest absolute Gasteiger partial charge is 0.387 e. The molecule has 0 atom stereocenters. The third-order valence-electron chi connectivity index (χ3n) is 0.220. The van der Waals surface area contributed by atoms with Crippen LogP contribution in [-0.2, 0) is 0 Å². The number of hydrogen-bond donors (Lipinski definition) is 3. The van der Waals surface area contributed by atoms with Crippen LogP contribution in [-0.4, -0.2) is 12.4 Å². The van der Waals surface area contributed by atoms with Gasteiger partial charge in [-0.05, 0) is 0 Å².